The summed E-state index contributed by atoms with van der Waals surface area (Å²) < 4.78 is 1.94. The first-order chi connectivity index (χ1) is 6.03. The molecule has 4 nitrogen and oxygen atoms in total. The molecule has 0 aliphatic carbocycles. The molecule has 2 heterocycles. The fraction of sp³-hybridized carbons (Fsp3) is 0.556. The van der Waals surface area contributed by atoms with Crippen LogP contribution in [0.15, 0.2) is 12.4 Å². The van der Waals surface area contributed by atoms with Crippen molar-refractivity contribution >= 4 is 5.91 Å². The van der Waals surface area contributed by atoms with Crippen LogP contribution in [-0.2, 0) is 11.8 Å². The molecule has 1 saturated heterocycles. The zero-order chi connectivity index (χ0) is 9.64. The van der Waals surface area contributed by atoms with Crippen LogP contribution in [-0.4, -0.2) is 15.5 Å². The normalized spacial score (nSPS) is 25.2. The molecule has 1 amide bonds. The van der Waals surface area contributed by atoms with Gasteiger partial charge in [0.05, 0.1) is 5.41 Å². The summed E-state index contributed by atoms with van der Waals surface area (Å²) in [5.74, 6) is 1.02. The van der Waals surface area contributed by atoms with Crippen LogP contribution in [0.2, 0.25) is 0 Å². The van der Waals surface area contributed by atoms with Crippen molar-refractivity contribution in [2.24, 2.45) is 12.5 Å². The highest BCUT2D eigenvalue weighted by Crippen LogP contribution is 2.40. The standard InChI is InChI=1S/C9H13N3O/c1-9(2)6(11-8(9)13)7-10-4-5-12(7)3/h4-6H,1-3H3,(H,11,13)/t6-/m1/s1. The van der Waals surface area contributed by atoms with Gasteiger partial charge in [0.2, 0.25) is 5.91 Å². The van der Waals surface area contributed by atoms with E-state index in [9.17, 15) is 4.79 Å². The average molecular weight is 179 g/mol. The summed E-state index contributed by atoms with van der Waals surface area (Å²) in [6.07, 6.45) is 3.63. The zero-order valence-electron chi connectivity index (χ0n) is 8.03. The Balaban J connectivity index is 2.31. The second-order valence-electron chi connectivity index (χ2n) is 4.02. The maximum absolute atomic E-state index is 11.2. The second kappa shape index (κ2) is 2.34. The molecular weight excluding hydrogens is 166 g/mol. The van der Waals surface area contributed by atoms with Crippen LogP contribution in [0.5, 0.6) is 0 Å². The quantitative estimate of drug-likeness (QED) is 0.642. The van der Waals surface area contributed by atoms with E-state index in [1.54, 1.807) is 6.20 Å². The van der Waals surface area contributed by atoms with Crippen molar-refractivity contribution in [3.63, 3.8) is 0 Å². The van der Waals surface area contributed by atoms with E-state index in [-0.39, 0.29) is 17.4 Å². The van der Waals surface area contributed by atoms with Crippen LogP contribution in [0.4, 0.5) is 0 Å². The molecule has 1 aromatic heterocycles. The molecule has 0 radical (unpaired) electrons. The van der Waals surface area contributed by atoms with Gasteiger partial charge in [-0.3, -0.25) is 4.79 Å². The number of aryl methyl sites for hydroxylation is 1. The Labute approximate surface area is 77.0 Å². The largest absolute Gasteiger partial charge is 0.345 e. The van der Waals surface area contributed by atoms with Gasteiger partial charge in [0.15, 0.2) is 0 Å². The molecule has 1 aliphatic rings. The van der Waals surface area contributed by atoms with E-state index < -0.39 is 0 Å². The number of imidazole rings is 1. The first kappa shape index (κ1) is 8.29. The Morgan fingerprint density at radius 3 is 2.69 bits per heavy atom. The van der Waals surface area contributed by atoms with Gasteiger partial charge < -0.3 is 9.88 Å². The molecule has 1 N–H and O–H groups in total. The van der Waals surface area contributed by atoms with Crippen molar-refractivity contribution in [2.75, 3.05) is 0 Å². The number of rotatable bonds is 1. The molecule has 1 aliphatic heterocycles. The number of β-lactam (4-membered cyclic amide) rings is 1. The number of amides is 1. The smallest absolute Gasteiger partial charge is 0.228 e. The predicted octanol–water partition coefficient (Wildman–Crippen LogP) is 0.617. The summed E-state index contributed by atoms with van der Waals surface area (Å²) in [5.41, 5.74) is -0.320. The predicted molar refractivity (Wildman–Crippen MR) is 47.9 cm³/mol. The van der Waals surface area contributed by atoms with Crippen LogP contribution in [0.1, 0.15) is 25.7 Å². The molecule has 1 atom stereocenters. The zero-order valence-corrected chi connectivity index (χ0v) is 8.03. The van der Waals surface area contributed by atoms with Crippen molar-refractivity contribution in [2.45, 2.75) is 19.9 Å². The minimum absolute atomic E-state index is 0.0556. The Morgan fingerprint density at radius 2 is 2.31 bits per heavy atom. The van der Waals surface area contributed by atoms with Gasteiger partial charge in [0.1, 0.15) is 11.9 Å². The molecule has 0 bridgehead atoms. The van der Waals surface area contributed by atoms with Gasteiger partial charge in [-0.25, -0.2) is 4.98 Å². The maximum atomic E-state index is 11.2. The highest BCUT2D eigenvalue weighted by molar-refractivity contribution is 5.89. The summed E-state index contributed by atoms with van der Waals surface area (Å²) in [6, 6.07) is 0.0556. The van der Waals surface area contributed by atoms with Gasteiger partial charge >= 0.3 is 0 Å². The summed E-state index contributed by atoms with van der Waals surface area (Å²) in [5, 5.41) is 2.85. The lowest BCUT2D eigenvalue weighted by Crippen LogP contribution is -2.58. The molecule has 4 heteroatoms. The van der Waals surface area contributed by atoms with Crippen molar-refractivity contribution in [3.8, 4) is 0 Å². The fourth-order valence-corrected chi connectivity index (χ4v) is 1.59. The first-order valence-corrected chi connectivity index (χ1v) is 4.31. The van der Waals surface area contributed by atoms with Crippen molar-refractivity contribution in [1.29, 1.82) is 0 Å². The number of carbonyl (C=O) groups excluding carboxylic acids is 1. The molecule has 13 heavy (non-hydrogen) atoms. The van der Waals surface area contributed by atoms with Crippen LogP contribution in [0, 0.1) is 5.41 Å². The van der Waals surface area contributed by atoms with Crippen LogP contribution >= 0.6 is 0 Å². The van der Waals surface area contributed by atoms with Crippen molar-refractivity contribution < 1.29 is 4.79 Å². The molecule has 0 saturated carbocycles. The highest BCUT2D eigenvalue weighted by Gasteiger charge is 2.49. The number of nitrogens with zero attached hydrogens (tertiary/aromatic N) is 2. The van der Waals surface area contributed by atoms with Crippen molar-refractivity contribution in [1.82, 2.24) is 14.9 Å². The minimum Gasteiger partial charge on any atom is -0.345 e. The third-order valence-electron chi connectivity index (χ3n) is 2.70. The van der Waals surface area contributed by atoms with Crippen molar-refractivity contribution in [3.05, 3.63) is 18.2 Å². The Morgan fingerprint density at radius 1 is 1.62 bits per heavy atom. The lowest BCUT2D eigenvalue weighted by Gasteiger charge is -2.43. The number of nitrogens with one attached hydrogen (secondary N) is 1. The highest BCUT2D eigenvalue weighted by atomic mass is 16.2. The van der Waals surface area contributed by atoms with Gasteiger partial charge in [-0.15, -0.1) is 0 Å². The van der Waals surface area contributed by atoms with Crippen LogP contribution in [0.3, 0.4) is 0 Å². The van der Waals surface area contributed by atoms with E-state index in [1.807, 2.05) is 31.7 Å². The van der Waals surface area contributed by atoms with E-state index in [4.69, 9.17) is 0 Å². The van der Waals surface area contributed by atoms with Crippen LogP contribution in [0.25, 0.3) is 0 Å². The third kappa shape index (κ3) is 0.978. The summed E-state index contributed by atoms with van der Waals surface area (Å²) in [7, 11) is 1.93. The molecule has 2 rings (SSSR count). The van der Waals surface area contributed by atoms with E-state index >= 15 is 0 Å². The van der Waals surface area contributed by atoms with Gasteiger partial charge in [-0.1, -0.05) is 0 Å². The van der Waals surface area contributed by atoms with Gasteiger partial charge in [-0.2, -0.15) is 0 Å². The monoisotopic (exact) mass is 179 g/mol. The van der Waals surface area contributed by atoms with Crippen LogP contribution < -0.4 is 5.32 Å². The fourth-order valence-electron chi connectivity index (χ4n) is 1.59. The molecule has 1 aromatic rings. The molecule has 0 spiro atoms. The topological polar surface area (TPSA) is 46.9 Å². The Kier molecular flexibility index (Phi) is 1.49. The average Bonchev–Trinajstić information content (AvgIpc) is 2.47. The third-order valence-corrected chi connectivity index (χ3v) is 2.70. The summed E-state index contributed by atoms with van der Waals surface area (Å²) in [4.78, 5) is 15.4. The molecule has 0 aromatic carbocycles. The van der Waals surface area contributed by atoms with Gasteiger partial charge in [0, 0.05) is 19.4 Å². The van der Waals surface area contributed by atoms with Gasteiger partial charge in [0.25, 0.3) is 0 Å². The molecule has 1 fully saturated rings. The van der Waals surface area contributed by atoms with Gasteiger partial charge in [-0.05, 0) is 13.8 Å². The molecule has 70 valence electrons. The number of aromatic nitrogens is 2. The first-order valence-electron chi connectivity index (χ1n) is 4.31. The molecule has 0 unspecified atom stereocenters. The summed E-state index contributed by atoms with van der Waals surface area (Å²) >= 11 is 0. The number of hydrogen-bond acceptors (Lipinski definition) is 2. The SMILES string of the molecule is Cn1ccnc1[C@H]1NC(=O)C1(C)C. The Hall–Kier alpha value is -1.32. The summed E-state index contributed by atoms with van der Waals surface area (Å²) in [6.45, 7) is 3.87. The number of hydrogen-bond donors (Lipinski definition) is 1. The van der Waals surface area contributed by atoms with E-state index in [0.717, 1.165) is 5.82 Å². The minimum atomic E-state index is -0.320. The maximum Gasteiger partial charge on any atom is 0.228 e. The van der Waals surface area contributed by atoms with E-state index in [0.29, 0.717) is 0 Å². The van der Waals surface area contributed by atoms with E-state index in [1.165, 1.54) is 0 Å². The van der Waals surface area contributed by atoms with E-state index in [2.05, 4.69) is 10.3 Å². The Bertz CT molecular complexity index is 353. The lowest BCUT2D eigenvalue weighted by atomic mass is 9.76. The second-order valence-corrected chi connectivity index (χ2v) is 4.02. The molecular formula is C9H13N3O. The lowest BCUT2D eigenvalue weighted by molar-refractivity contribution is -0.143. The number of carbonyl (C=O) groups is 1.